The fourth-order valence-corrected chi connectivity index (χ4v) is 2.26. The Bertz CT molecular complexity index is 923. The molecule has 0 aliphatic heterocycles. The summed E-state index contributed by atoms with van der Waals surface area (Å²) in [5.41, 5.74) is 0.532. The van der Waals surface area contributed by atoms with Gasteiger partial charge in [0, 0.05) is 29.7 Å². The lowest BCUT2D eigenvalue weighted by Crippen LogP contribution is -2.26. The van der Waals surface area contributed by atoms with Crippen LogP contribution in [-0.4, -0.2) is 15.5 Å². The van der Waals surface area contributed by atoms with Gasteiger partial charge in [0.2, 0.25) is 0 Å². The summed E-state index contributed by atoms with van der Waals surface area (Å²) in [6.07, 6.45) is 4.55. The number of rotatable bonds is 4. The summed E-state index contributed by atoms with van der Waals surface area (Å²) in [7, 11) is 0. The lowest BCUT2D eigenvalue weighted by atomic mass is 10.2. The van der Waals surface area contributed by atoms with Crippen molar-refractivity contribution in [1.29, 1.82) is 0 Å². The number of carbonyl (C=O) groups is 1. The van der Waals surface area contributed by atoms with E-state index < -0.39 is 11.5 Å². The molecule has 0 spiro atoms. The first-order valence-corrected chi connectivity index (χ1v) is 7.29. The Kier molecular flexibility index (Phi) is 4.47. The molecule has 3 rings (SSSR count). The Morgan fingerprint density at radius 3 is 2.58 bits per heavy atom. The Morgan fingerprint density at radius 2 is 1.83 bits per heavy atom. The summed E-state index contributed by atoms with van der Waals surface area (Å²) >= 11 is 0. The van der Waals surface area contributed by atoms with Gasteiger partial charge in [-0.3, -0.25) is 14.6 Å². The average Bonchev–Trinajstić information content (AvgIpc) is 2.61. The molecule has 0 atom stereocenters. The predicted molar refractivity (Wildman–Crippen MR) is 88.4 cm³/mol. The number of anilines is 1. The average molecular weight is 323 g/mol. The van der Waals surface area contributed by atoms with E-state index in [2.05, 4.69) is 10.3 Å². The molecule has 5 nitrogen and oxygen atoms in total. The van der Waals surface area contributed by atoms with Crippen LogP contribution in [0.3, 0.4) is 0 Å². The third-order valence-electron chi connectivity index (χ3n) is 3.51. The molecule has 2 aromatic heterocycles. The van der Waals surface area contributed by atoms with Crippen LogP contribution in [0.4, 0.5) is 10.1 Å². The van der Waals surface area contributed by atoms with Gasteiger partial charge in [-0.25, -0.2) is 4.39 Å². The number of pyridine rings is 2. The summed E-state index contributed by atoms with van der Waals surface area (Å²) in [6, 6.07) is 12.5. The highest BCUT2D eigenvalue weighted by molar-refractivity contribution is 6.04. The molecule has 24 heavy (non-hydrogen) atoms. The van der Waals surface area contributed by atoms with Crippen LogP contribution >= 0.6 is 0 Å². The molecule has 1 amide bonds. The van der Waals surface area contributed by atoms with Crippen molar-refractivity contribution in [1.82, 2.24) is 9.55 Å². The van der Waals surface area contributed by atoms with Crippen LogP contribution in [0.1, 0.15) is 15.9 Å². The fourth-order valence-electron chi connectivity index (χ4n) is 2.26. The second-order valence-electron chi connectivity index (χ2n) is 5.14. The minimum absolute atomic E-state index is 0.0878. The van der Waals surface area contributed by atoms with Gasteiger partial charge in [0.05, 0.1) is 6.54 Å². The van der Waals surface area contributed by atoms with E-state index in [0.717, 1.165) is 0 Å². The van der Waals surface area contributed by atoms with Gasteiger partial charge in [-0.15, -0.1) is 0 Å². The van der Waals surface area contributed by atoms with Crippen LogP contribution < -0.4 is 10.9 Å². The van der Waals surface area contributed by atoms with E-state index in [4.69, 9.17) is 0 Å². The standard InChI is InChI=1S/C18H14FN3O2/c19-15-5-2-1-4-14(15)12-22-11-3-6-16(18(22)24)21-17(23)13-7-9-20-10-8-13/h1-11H,12H2,(H,21,23). The molecule has 120 valence electrons. The van der Waals surface area contributed by atoms with Gasteiger partial charge in [0.25, 0.3) is 11.5 Å². The van der Waals surface area contributed by atoms with Gasteiger partial charge < -0.3 is 9.88 Å². The first-order valence-electron chi connectivity index (χ1n) is 7.29. The molecule has 0 fully saturated rings. The lowest BCUT2D eigenvalue weighted by Gasteiger charge is -2.10. The van der Waals surface area contributed by atoms with Gasteiger partial charge in [0.15, 0.2) is 0 Å². The van der Waals surface area contributed by atoms with Crippen LogP contribution in [0.15, 0.2) is 71.9 Å². The van der Waals surface area contributed by atoms with Crippen LogP contribution in [0.25, 0.3) is 0 Å². The summed E-state index contributed by atoms with van der Waals surface area (Å²) in [6.45, 7) is 0.0878. The van der Waals surface area contributed by atoms with E-state index in [-0.39, 0.29) is 18.0 Å². The quantitative estimate of drug-likeness (QED) is 0.803. The van der Waals surface area contributed by atoms with Crippen molar-refractivity contribution in [2.45, 2.75) is 6.54 Å². The zero-order chi connectivity index (χ0) is 16.9. The SMILES string of the molecule is O=C(Nc1cccn(Cc2ccccc2F)c1=O)c1ccncc1. The molecule has 0 radical (unpaired) electrons. The second-order valence-corrected chi connectivity index (χ2v) is 5.14. The molecule has 6 heteroatoms. The number of hydrogen-bond donors (Lipinski definition) is 1. The summed E-state index contributed by atoms with van der Waals surface area (Å²) in [4.78, 5) is 28.4. The highest BCUT2D eigenvalue weighted by Gasteiger charge is 2.10. The molecular formula is C18H14FN3O2. The Hall–Kier alpha value is -3.28. The maximum Gasteiger partial charge on any atom is 0.274 e. The number of halogens is 1. The first kappa shape index (κ1) is 15.6. The molecular weight excluding hydrogens is 309 g/mol. The maximum atomic E-state index is 13.7. The van der Waals surface area contributed by atoms with Crippen molar-refractivity contribution >= 4 is 11.6 Å². The monoisotopic (exact) mass is 323 g/mol. The van der Waals surface area contributed by atoms with Crippen LogP contribution in [0.5, 0.6) is 0 Å². The van der Waals surface area contributed by atoms with Gasteiger partial charge >= 0.3 is 0 Å². The summed E-state index contributed by atoms with van der Waals surface area (Å²) < 4.78 is 15.1. The van der Waals surface area contributed by atoms with E-state index >= 15 is 0 Å². The number of nitrogens with one attached hydrogen (secondary N) is 1. The van der Waals surface area contributed by atoms with Gasteiger partial charge in [-0.2, -0.15) is 0 Å². The van der Waals surface area contributed by atoms with E-state index in [1.807, 2.05) is 0 Å². The van der Waals surface area contributed by atoms with Crippen molar-refractivity contribution in [3.8, 4) is 0 Å². The third kappa shape index (κ3) is 3.38. The molecule has 0 bridgehead atoms. The summed E-state index contributed by atoms with van der Waals surface area (Å²) in [5, 5.41) is 2.57. The fraction of sp³-hybridized carbons (Fsp3) is 0.0556. The molecule has 3 aromatic rings. The molecule has 0 aliphatic rings. The lowest BCUT2D eigenvalue weighted by molar-refractivity contribution is 0.102. The van der Waals surface area contributed by atoms with Gasteiger partial charge in [-0.05, 0) is 30.3 Å². The molecule has 1 N–H and O–H groups in total. The van der Waals surface area contributed by atoms with Crippen LogP contribution in [-0.2, 0) is 6.54 Å². The van der Waals surface area contributed by atoms with E-state index in [1.165, 1.54) is 29.1 Å². The Labute approximate surface area is 137 Å². The van der Waals surface area contributed by atoms with Crippen molar-refractivity contribution < 1.29 is 9.18 Å². The van der Waals surface area contributed by atoms with Gasteiger partial charge in [0.1, 0.15) is 11.5 Å². The zero-order valence-corrected chi connectivity index (χ0v) is 12.6. The predicted octanol–water partition coefficient (Wildman–Crippen LogP) is 2.68. The van der Waals surface area contributed by atoms with E-state index in [0.29, 0.717) is 11.1 Å². The van der Waals surface area contributed by atoms with Crippen molar-refractivity contribution in [3.63, 3.8) is 0 Å². The second kappa shape index (κ2) is 6.87. The van der Waals surface area contributed by atoms with Crippen LogP contribution in [0.2, 0.25) is 0 Å². The van der Waals surface area contributed by atoms with Crippen LogP contribution in [0, 0.1) is 5.82 Å². The molecule has 0 saturated heterocycles. The number of hydrogen-bond acceptors (Lipinski definition) is 3. The largest absolute Gasteiger partial charge is 0.317 e. The highest BCUT2D eigenvalue weighted by atomic mass is 19.1. The van der Waals surface area contributed by atoms with Gasteiger partial charge in [-0.1, -0.05) is 18.2 Å². The third-order valence-corrected chi connectivity index (χ3v) is 3.51. The first-order chi connectivity index (χ1) is 11.6. The minimum Gasteiger partial charge on any atom is -0.317 e. The number of nitrogens with zero attached hydrogens (tertiary/aromatic N) is 2. The molecule has 2 heterocycles. The van der Waals surface area contributed by atoms with E-state index in [1.54, 1.807) is 42.6 Å². The normalized spacial score (nSPS) is 10.4. The molecule has 0 saturated carbocycles. The van der Waals surface area contributed by atoms with E-state index in [9.17, 15) is 14.0 Å². The number of amides is 1. The molecule has 1 aromatic carbocycles. The Morgan fingerprint density at radius 1 is 1.08 bits per heavy atom. The van der Waals surface area contributed by atoms with Crippen molar-refractivity contribution in [2.75, 3.05) is 5.32 Å². The minimum atomic E-state index is -0.404. The number of benzene rings is 1. The zero-order valence-electron chi connectivity index (χ0n) is 12.6. The Balaban J connectivity index is 1.85. The maximum absolute atomic E-state index is 13.7. The smallest absolute Gasteiger partial charge is 0.274 e. The van der Waals surface area contributed by atoms with Crippen molar-refractivity contribution in [3.05, 3.63) is 94.4 Å². The topological polar surface area (TPSA) is 64.0 Å². The molecule has 0 unspecified atom stereocenters. The highest BCUT2D eigenvalue weighted by Crippen LogP contribution is 2.09. The van der Waals surface area contributed by atoms with Crippen molar-refractivity contribution in [2.24, 2.45) is 0 Å². The summed E-state index contributed by atoms with van der Waals surface area (Å²) in [5.74, 6) is -0.784. The number of carbonyl (C=O) groups excluding carboxylic acids is 1. The molecule has 0 aliphatic carbocycles. The number of aromatic nitrogens is 2.